The van der Waals surface area contributed by atoms with E-state index >= 15 is 0 Å². The largest absolute Gasteiger partial charge is 0.119 e. The fourth-order valence-electron chi connectivity index (χ4n) is 2.86. The summed E-state index contributed by atoms with van der Waals surface area (Å²) in [7, 11) is 0. The minimum absolute atomic E-state index is 0.608. The Morgan fingerprint density at radius 1 is 0.783 bits per heavy atom. The molecule has 1 heteroatoms. The van der Waals surface area contributed by atoms with Crippen molar-refractivity contribution in [2.75, 3.05) is 0 Å². The standard InChI is InChI=1S/C20H19Cl.C2H6/c21-20(18-13-7-3-8-14-18,19-15-9-4-10-16-19)17-11-5-1-2-6-12-17;1-2/h3-5,7-16H,1-2,6H2;1-2H3. The Morgan fingerprint density at radius 2 is 1.30 bits per heavy atom. The lowest BCUT2D eigenvalue weighted by molar-refractivity contribution is 0.849. The van der Waals surface area contributed by atoms with Crippen LogP contribution in [0.3, 0.4) is 0 Å². The first kappa shape index (κ1) is 17.6. The fourth-order valence-corrected chi connectivity index (χ4v) is 3.25. The van der Waals surface area contributed by atoms with E-state index in [1.54, 1.807) is 0 Å². The third kappa shape index (κ3) is 3.95. The van der Waals surface area contributed by atoms with E-state index in [-0.39, 0.29) is 0 Å². The van der Waals surface area contributed by atoms with Gasteiger partial charge in [-0.3, -0.25) is 0 Å². The predicted molar refractivity (Wildman–Crippen MR) is 102 cm³/mol. The molecule has 0 saturated heterocycles. The number of allylic oxidation sites excluding steroid dienone is 4. The van der Waals surface area contributed by atoms with Gasteiger partial charge in [0.2, 0.25) is 0 Å². The second-order valence-corrected chi connectivity index (χ2v) is 5.95. The van der Waals surface area contributed by atoms with Crippen LogP contribution in [0.15, 0.2) is 84.5 Å². The molecule has 0 radical (unpaired) electrons. The summed E-state index contributed by atoms with van der Waals surface area (Å²) in [5.41, 5.74) is 3.42. The summed E-state index contributed by atoms with van der Waals surface area (Å²) < 4.78 is 0. The molecule has 0 nitrogen and oxygen atoms in total. The molecule has 2 aromatic rings. The average molecular weight is 325 g/mol. The molecule has 0 aliphatic heterocycles. The summed E-state index contributed by atoms with van der Waals surface area (Å²) in [6, 6.07) is 20.7. The Bertz CT molecular complexity index is 599. The van der Waals surface area contributed by atoms with Gasteiger partial charge in [0.15, 0.2) is 0 Å². The van der Waals surface area contributed by atoms with Gasteiger partial charge in [-0.25, -0.2) is 0 Å². The van der Waals surface area contributed by atoms with Gasteiger partial charge in [0, 0.05) is 0 Å². The van der Waals surface area contributed by atoms with Crippen LogP contribution < -0.4 is 0 Å². The number of alkyl halides is 1. The van der Waals surface area contributed by atoms with Gasteiger partial charge in [-0.05, 0) is 36.0 Å². The third-order valence-electron chi connectivity index (χ3n) is 3.98. The monoisotopic (exact) mass is 324 g/mol. The highest BCUT2D eigenvalue weighted by Gasteiger charge is 2.34. The Hall–Kier alpha value is -1.79. The molecule has 0 bridgehead atoms. The minimum Gasteiger partial charge on any atom is -0.104 e. The van der Waals surface area contributed by atoms with E-state index in [9.17, 15) is 0 Å². The van der Waals surface area contributed by atoms with E-state index in [2.05, 4.69) is 66.8 Å². The summed E-state index contributed by atoms with van der Waals surface area (Å²) >= 11 is 7.22. The van der Waals surface area contributed by atoms with E-state index in [4.69, 9.17) is 11.6 Å². The molecule has 3 rings (SSSR count). The highest BCUT2D eigenvalue weighted by molar-refractivity contribution is 6.28. The summed E-state index contributed by atoms with van der Waals surface area (Å²) in [6.07, 6.45) is 10.1. The molecule has 1 aliphatic carbocycles. The molecule has 120 valence electrons. The smallest absolute Gasteiger partial charge is 0.104 e. The summed E-state index contributed by atoms with van der Waals surface area (Å²) in [5.74, 6) is 0. The first-order valence-corrected chi connectivity index (χ1v) is 8.87. The fraction of sp³-hybridized carbons (Fsp3) is 0.273. The lowest BCUT2D eigenvalue weighted by atomic mass is 9.83. The molecule has 23 heavy (non-hydrogen) atoms. The van der Waals surface area contributed by atoms with Crippen molar-refractivity contribution in [3.8, 4) is 0 Å². The van der Waals surface area contributed by atoms with Crippen LogP contribution in [0.2, 0.25) is 0 Å². The number of halogens is 1. The molecule has 0 heterocycles. The van der Waals surface area contributed by atoms with Crippen LogP contribution in [0.25, 0.3) is 0 Å². The van der Waals surface area contributed by atoms with Gasteiger partial charge in [-0.2, -0.15) is 0 Å². The van der Waals surface area contributed by atoms with Crippen LogP contribution in [0, 0.1) is 0 Å². The van der Waals surface area contributed by atoms with Crippen molar-refractivity contribution in [2.24, 2.45) is 0 Å². The minimum atomic E-state index is -0.608. The maximum absolute atomic E-state index is 7.22. The molecule has 0 amide bonds. The van der Waals surface area contributed by atoms with Crippen molar-refractivity contribution in [3.63, 3.8) is 0 Å². The zero-order chi connectivity index (χ0) is 16.5. The van der Waals surface area contributed by atoms with Crippen molar-refractivity contribution in [1.82, 2.24) is 0 Å². The quantitative estimate of drug-likeness (QED) is 0.541. The van der Waals surface area contributed by atoms with Crippen LogP contribution in [-0.2, 0) is 4.87 Å². The van der Waals surface area contributed by atoms with Gasteiger partial charge in [-0.15, -0.1) is 11.6 Å². The van der Waals surface area contributed by atoms with Crippen LogP contribution in [-0.4, -0.2) is 0 Å². The zero-order valence-corrected chi connectivity index (χ0v) is 14.8. The average Bonchev–Trinajstić information content (AvgIpc) is 2.94. The first-order chi connectivity index (χ1) is 11.3. The molecular formula is C22H25Cl. The molecule has 0 saturated carbocycles. The van der Waals surface area contributed by atoms with Crippen molar-refractivity contribution in [2.45, 2.75) is 38.0 Å². The molecule has 2 aromatic carbocycles. The second-order valence-electron chi connectivity index (χ2n) is 5.38. The molecular weight excluding hydrogens is 300 g/mol. The van der Waals surface area contributed by atoms with Gasteiger partial charge in [0.1, 0.15) is 4.87 Å². The van der Waals surface area contributed by atoms with Crippen molar-refractivity contribution in [3.05, 3.63) is 95.6 Å². The van der Waals surface area contributed by atoms with Crippen LogP contribution >= 0.6 is 11.6 Å². The lowest BCUT2D eigenvalue weighted by Crippen LogP contribution is -2.22. The highest BCUT2D eigenvalue weighted by Crippen LogP contribution is 2.44. The zero-order valence-electron chi connectivity index (χ0n) is 14.0. The Labute approximate surface area is 145 Å². The Morgan fingerprint density at radius 3 is 1.83 bits per heavy atom. The maximum Gasteiger partial charge on any atom is 0.119 e. The van der Waals surface area contributed by atoms with Crippen molar-refractivity contribution < 1.29 is 0 Å². The maximum atomic E-state index is 7.22. The van der Waals surface area contributed by atoms with Crippen LogP contribution in [0.5, 0.6) is 0 Å². The Balaban J connectivity index is 0.000000924. The lowest BCUT2D eigenvalue weighted by Gasteiger charge is -2.30. The molecule has 0 fully saturated rings. The van der Waals surface area contributed by atoms with E-state index in [1.807, 2.05) is 26.0 Å². The topological polar surface area (TPSA) is 0 Å². The number of hydrogen-bond donors (Lipinski definition) is 0. The van der Waals surface area contributed by atoms with E-state index < -0.39 is 4.87 Å². The van der Waals surface area contributed by atoms with Gasteiger partial charge in [-0.1, -0.05) is 92.7 Å². The van der Waals surface area contributed by atoms with Gasteiger partial charge >= 0.3 is 0 Å². The van der Waals surface area contributed by atoms with E-state index in [0.29, 0.717) is 0 Å². The summed E-state index contributed by atoms with van der Waals surface area (Å²) in [6.45, 7) is 4.00. The second kappa shape index (κ2) is 8.74. The molecule has 0 aromatic heterocycles. The molecule has 0 spiro atoms. The third-order valence-corrected chi connectivity index (χ3v) is 4.63. The molecule has 0 unspecified atom stereocenters. The summed E-state index contributed by atoms with van der Waals surface area (Å²) in [5, 5.41) is 0. The van der Waals surface area contributed by atoms with Gasteiger partial charge < -0.3 is 0 Å². The summed E-state index contributed by atoms with van der Waals surface area (Å²) in [4.78, 5) is -0.608. The van der Waals surface area contributed by atoms with E-state index in [1.165, 1.54) is 12.0 Å². The van der Waals surface area contributed by atoms with Gasteiger partial charge in [0.25, 0.3) is 0 Å². The SMILES string of the molecule is CC.ClC(C1=CCCCC=C1)(c1ccccc1)c1ccccc1. The van der Waals surface area contributed by atoms with Crippen LogP contribution in [0.1, 0.15) is 44.2 Å². The first-order valence-electron chi connectivity index (χ1n) is 8.49. The number of benzene rings is 2. The predicted octanol–water partition coefficient (Wildman–Crippen LogP) is 6.86. The van der Waals surface area contributed by atoms with Crippen LogP contribution in [0.4, 0.5) is 0 Å². The number of hydrogen-bond acceptors (Lipinski definition) is 0. The molecule has 0 N–H and O–H groups in total. The molecule has 1 aliphatic rings. The van der Waals surface area contributed by atoms with E-state index in [0.717, 1.165) is 24.0 Å². The normalized spacial score (nSPS) is 14.3. The van der Waals surface area contributed by atoms with Crippen molar-refractivity contribution >= 4 is 11.6 Å². The van der Waals surface area contributed by atoms with Gasteiger partial charge in [0.05, 0.1) is 0 Å². The number of rotatable bonds is 3. The van der Waals surface area contributed by atoms with Crippen molar-refractivity contribution in [1.29, 1.82) is 0 Å². The Kier molecular flexibility index (Phi) is 6.67. The highest BCUT2D eigenvalue weighted by atomic mass is 35.5. The molecule has 0 atom stereocenters.